The van der Waals surface area contributed by atoms with E-state index in [-0.39, 0.29) is 0 Å². The zero-order valence-electron chi connectivity index (χ0n) is 26.2. The third kappa shape index (κ3) is 4.92. The molecule has 0 spiro atoms. The van der Waals surface area contributed by atoms with Crippen molar-refractivity contribution in [1.82, 2.24) is 9.55 Å². The van der Waals surface area contributed by atoms with E-state index in [0.717, 1.165) is 82.6 Å². The van der Waals surface area contributed by atoms with Crippen LogP contribution in [0.2, 0.25) is 0 Å². The molecule has 6 nitrogen and oxygen atoms in total. The monoisotopic (exact) mass is 587 g/mol. The molecule has 0 amide bonds. The summed E-state index contributed by atoms with van der Waals surface area (Å²) < 4.78 is 15.6. The number of ether oxygens (including phenoxy) is 2. The fourth-order valence-electron chi connectivity index (χ4n) is 6.72. The summed E-state index contributed by atoms with van der Waals surface area (Å²) in [6, 6.07) is 28.9. The van der Waals surface area contributed by atoms with Gasteiger partial charge in [0.25, 0.3) is 0 Å². The Morgan fingerprint density at radius 3 is 2.41 bits per heavy atom. The minimum absolute atomic E-state index is 0.334. The van der Waals surface area contributed by atoms with Gasteiger partial charge in [-0.1, -0.05) is 80.8 Å². The van der Waals surface area contributed by atoms with Crippen LogP contribution in [0.1, 0.15) is 73.6 Å². The molecule has 0 bridgehead atoms. The van der Waals surface area contributed by atoms with Crippen molar-refractivity contribution in [3.63, 3.8) is 0 Å². The van der Waals surface area contributed by atoms with Crippen molar-refractivity contribution in [2.45, 2.75) is 52.1 Å². The van der Waals surface area contributed by atoms with Crippen molar-refractivity contribution < 1.29 is 14.3 Å². The summed E-state index contributed by atoms with van der Waals surface area (Å²) in [4.78, 5) is 20.6. The van der Waals surface area contributed by atoms with Gasteiger partial charge in [0.1, 0.15) is 5.75 Å². The van der Waals surface area contributed by atoms with Crippen LogP contribution in [-0.2, 0) is 17.4 Å². The maximum atomic E-state index is 13.8. The van der Waals surface area contributed by atoms with Gasteiger partial charge in [0, 0.05) is 65.7 Å². The van der Waals surface area contributed by atoms with Gasteiger partial charge in [-0.25, -0.2) is 9.78 Å². The molecule has 44 heavy (non-hydrogen) atoms. The lowest BCUT2D eigenvalue weighted by molar-refractivity contribution is 0.0246. The molecule has 6 heteroatoms. The van der Waals surface area contributed by atoms with E-state index in [0.29, 0.717) is 12.3 Å². The van der Waals surface area contributed by atoms with E-state index in [2.05, 4.69) is 84.7 Å². The van der Waals surface area contributed by atoms with Gasteiger partial charge >= 0.3 is 5.97 Å². The number of aromatic nitrogens is 2. The quantitative estimate of drug-likeness (QED) is 0.108. The Bertz CT molecular complexity index is 1770. The topological polar surface area (TPSA) is 56.6 Å². The first-order valence-corrected chi connectivity index (χ1v) is 15.9. The van der Waals surface area contributed by atoms with Crippen LogP contribution in [0.15, 0.2) is 91.1 Å². The van der Waals surface area contributed by atoms with Gasteiger partial charge in [-0.3, -0.25) is 0 Å². The highest BCUT2D eigenvalue weighted by molar-refractivity contribution is 6.00. The number of rotatable bonds is 12. The molecule has 0 saturated heterocycles. The minimum atomic E-state index is -1.28. The summed E-state index contributed by atoms with van der Waals surface area (Å²) in [5.41, 5.74) is 5.64. The molecule has 2 aromatic heterocycles. The first-order chi connectivity index (χ1) is 21.5. The third-order valence-corrected chi connectivity index (χ3v) is 8.86. The number of aryl methyl sites for hydroxylation is 1. The highest BCUT2D eigenvalue weighted by Gasteiger charge is 2.53. The Hall–Kier alpha value is -4.58. The number of nitrogens with zero attached hydrogens (tertiary/aromatic N) is 3. The Balaban J connectivity index is 1.68. The van der Waals surface area contributed by atoms with E-state index < -0.39 is 11.6 Å². The molecule has 1 aliphatic heterocycles. The Kier molecular flexibility index (Phi) is 8.42. The van der Waals surface area contributed by atoms with Crippen LogP contribution in [0.25, 0.3) is 22.2 Å². The summed E-state index contributed by atoms with van der Waals surface area (Å²) in [7, 11) is 2.08. The van der Waals surface area contributed by atoms with E-state index in [1.807, 2.05) is 42.5 Å². The van der Waals surface area contributed by atoms with Gasteiger partial charge in [-0.05, 0) is 50.1 Å². The van der Waals surface area contributed by atoms with Gasteiger partial charge in [0.05, 0.1) is 12.3 Å². The van der Waals surface area contributed by atoms with E-state index >= 15 is 0 Å². The number of unbranched alkanes of at least 4 members (excludes halogenated alkanes) is 3. The second-order valence-electron chi connectivity index (χ2n) is 11.4. The number of carbonyl (C=O) groups is 1. The first-order valence-electron chi connectivity index (χ1n) is 15.9. The summed E-state index contributed by atoms with van der Waals surface area (Å²) in [6.07, 6.45) is 6.06. The van der Waals surface area contributed by atoms with E-state index in [9.17, 15) is 4.79 Å². The van der Waals surface area contributed by atoms with Gasteiger partial charge in [0.15, 0.2) is 11.3 Å². The van der Waals surface area contributed by atoms with Gasteiger partial charge < -0.3 is 18.9 Å². The van der Waals surface area contributed by atoms with E-state index in [4.69, 9.17) is 9.47 Å². The molecule has 0 saturated carbocycles. The Labute approximate surface area is 260 Å². The molecule has 3 heterocycles. The molecule has 0 aliphatic carbocycles. The number of para-hydroxylation sites is 1. The summed E-state index contributed by atoms with van der Waals surface area (Å²) in [5.74, 6) is 0.289. The lowest BCUT2D eigenvalue weighted by atomic mass is 9.78. The zero-order chi connectivity index (χ0) is 30.7. The number of anilines is 1. The second-order valence-corrected chi connectivity index (χ2v) is 11.4. The second kappa shape index (κ2) is 12.6. The largest absolute Gasteiger partial charge is 0.493 e. The average Bonchev–Trinajstić information content (AvgIpc) is 3.53. The maximum Gasteiger partial charge on any atom is 0.358 e. The highest BCUT2D eigenvalue weighted by atomic mass is 16.6. The van der Waals surface area contributed by atoms with Crippen LogP contribution in [0.4, 0.5) is 5.69 Å². The fraction of sp³-hybridized carbons (Fsp3) is 0.316. The zero-order valence-corrected chi connectivity index (χ0v) is 26.2. The molecule has 0 fully saturated rings. The SMILES string of the molecule is CCCCCCOc1cc(N(CC)CC)ccc1C1(c2c(-c3ccccc3)n(C)c3ccccc23)OC(=O)c2ncccc21. The van der Waals surface area contributed by atoms with Crippen molar-refractivity contribution in [1.29, 1.82) is 0 Å². The van der Waals surface area contributed by atoms with Crippen LogP contribution in [-0.4, -0.2) is 35.2 Å². The molecule has 6 rings (SSSR count). The average molecular weight is 588 g/mol. The van der Waals surface area contributed by atoms with E-state index in [1.54, 1.807) is 6.20 Å². The first kappa shape index (κ1) is 29.5. The number of fused-ring (bicyclic) bond motifs is 2. The standard InChI is InChI=1S/C38H41N3O3/c1-5-8-9-15-25-43-33-26-28(41(6-2)7-3)22-23-30(33)38(31-20-16-24-39-35(31)37(42)44-38)34-29-19-13-14-21-32(29)40(4)36(34)27-17-11-10-12-18-27/h10-14,16-24,26H,5-9,15,25H2,1-4H3. The molecule has 1 unspecified atom stereocenters. The van der Waals surface area contributed by atoms with E-state index in [1.165, 1.54) is 6.42 Å². The van der Waals surface area contributed by atoms with Crippen LogP contribution in [0.3, 0.4) is 0 Å². The van der Waals surface area contributed by atoms with Crippen molar-refractivity contribution in [3.8, 4) is 17.0 Å². The third-order valence-electron chi connectivity index (χ3n) is 8.86. The number of hydrogen-bond donors (Lipinski definition) is 0. The van der Waals surface area contributed by atoms with Gasteiger partial charge in [-0.15, -0.1) is 0 Å². The molecule has 0 radical (unpaired) electrons. The van der Waals surface area contributed by atoms with Gasteiger partial charge in [0.2, 0.25) is 0 Å². The number of pyridine rings is 1. The lowest BCUT2D eigenvalue weighted by Crippen LogP contribution is -2.31. The molecular formula is C38H41N3O3. The van der Waals surface area contributed by atoms with Crippen LogP contribution in [0.5, 0.6) is 5.75 Å². The predicted molar refractivity (Wildman–Crippen MR) is 178 cm³/mol. The van der Waals surface area contributed by atoms with Crippen molar-refractivity contribution >= 4 is 22.6 Å². The fourth-order valence-corrected chi connectivity index (χ4v) is 6.72. The summed E-state index contributed by atoms with van der Waals surface area (Å²) in [5, 5.41) is 1.01. The van der Waals surface area contributed by atoms with Crippen LogP contribution in [0, 0.1) is 0 Å². The highest BCUT2D eigenvalue weighted by Crippen LogP contribution is 2.54. The Morgan fingerprint density at radius 1 is 0.864 bits per heavy atom. The van der Waals surface area contributed by atoms with Gasteiger partial charge in [-0.2, -0.15) is 0 Å². The maximum absolute atomic E-state index is 13.8. The number of carbonyl (C=O) groups excluding carboxylic acids is 1. The minimum Gasteiger partial charge on any atom is -0.493 e. The molecule has 5 aromatic rings. The van der Waals surface area contributed by atoms with Crippen molar-refractivity contribution in [2.75, 3.05) is 24.6 Å². The molecule has 3 aromatic carbocycles. The number of benzene rings is 3. The van der Waals surface area contributed by atoms with Crippen molar-refractivity contribution in [2.24, 2.45) is 7.05 Å². The molecule has 1 atom stereocenters. The van der Waals surface area contributed by atoms with Crippen LogP contribution >= 0.6 is 0 Å². The molecule has 1 aliphatic rings. The lowest BCUT2D eigenvalue weighted by Gasteiger charge is -2.33. The molecule has 226 valence electrons. The number of esters is 1. The van der Waals surface area contributed by atoms with Crippen LogP contribution < -0.4 is 9.64 Å². The summed E-state index contributed by atoms with van der Waals surface area (Å²) >= 11 is 0. The smallest absolute Gasteiger partial charge is 0.358 e. The molecule has 0 N–H and O–H groups in total. The van der Waals surface area contributed by atoms with Crippen molar-refractivity contribution in [3.05, 3.63) is 114 Å². The Morgan fingerprint density at radius 2 is 1.64 bits per heavy atom. The predicted octanol–water partition coefficient (Wildman–Crippen LogP) is 8.51. The molecular weight excluding hydrogens is 546 g/mol. The normalized spacial score (nSPS) is 15.8. The number of hydrogen-bond acceptors (Lipinski definition) is 5. The number of cyclic esters (lactones) is 1. The summed E-state index contributed by atoms with van der Waals surface area (Å²) in [6.45, 7) is 8.87.